The van der Waals surface area contributed by atoms with Gasteiger partial charge in [-0.15, -0.1) is 5.10 Å². The Balaban J connectivity index is 1.48. The van der Waals surface area contributed by atoms with Crippen molar-refractivity contribution in [2.45, 2.75) is 51.2 Å². The third-order valence-corrected chi connectivity index (χ3v) is 6.76. The van der Waals surface area contributed by atoms with E-state index in [0.717, 1.165) is 37.0 Å². The first-order valence-corrected chi connectivity index (χ1v) is 12.1. The van der Waals surface area contributed by atoms with Crippen LogP contribution >= 0.6 is 23.2 Å². The summed E-state index contributed by atoms with van der Waals surface area (Å²) in [5, 5.41) is 9.39. The zero-order valence-electron chi connectivity index (χ0n) is 19.2. The molecule has 0 atom stereocenters. The number of halogens is 2. The number of rotatable bonds is 8. The summed E-state index contributed by atoms with van der Waals surface area (Å²) < 4.78 is 18.3. The van der Waals surface area contributed by atoms with Crippen LogP contribution in [0.15, 0.2) is 42.5 Å². The second kappa shape index (κ2) is 11.1. The Morgan fingerprint density at radius 3 is 2.44 bits per heavy atom. The van der Waals surface area contributed by atoms with Gasteiger partial charge in [-0.25, -0.2) is 9.48 Å². The zero-order chi connectivity index (χ0) is 24.1. The van der Waals surface area contributed by atoms with Crippen LogP contribution in [0, 0.1) is 0 Å². The molecule has 1 heterocycles. The molecule has 0 spiro atoms. The number of hydrogen-bond acceptors (Lipinski definition) is 6. The fraction of sp³-hybridized carbons (Fsp3) is 0.400. The van der Waals surface area contributed by atoms with Crippen LogP contribution in [-0.2, 0) is 11.3 Å². The highest BCUT2D eigenvalue weighted by atomic mass is 35.5. The quantitative estimate of drug-likeness (QED) is 0.355. The Labute approximate surface area is 208 Å². The van der Waals surface area contributed by atoms with Crippen LogP contribution in [0.4, 0.5) is 0 Å². The summed E-state index contributed by atoms with van der Waals surface area (Å²) in [6.07, 6.45) is 3.50. The van der Waals surface area contributed by atoms with E-state index in [0.29, 0.717) is 28.4 Å². The molecule has 0 bridgehead atoms. The molecule has 3 aromatic rings. The predicted octanol–water partition coefficient (Wildman–Crippen LogP) is 5.92. The minimum absolute atomic E-state index is 0.0553. The Morgan fingerprint density at radius 2 is 1.79 bits per heavy atom. The van der Waals surface area contributed by atoms with E-state index >= 15 is 0 Å². The molecule has 2 aromatic carbocycles. The van der Waals surface area contributed by atoms with Crippen molar-refractivity contribution >= 4 is 29.2 Å². The predicted molar refractivity (Wildman–Crippen MR) is 130 cm³/mol. The molecular formula is C25H27Cl2N3O4. The molecule has 1 aliphatic carbocycles. The highest BCUT2D eigenvalue weighted by Gasteiger charge is 2.29. The molecule has 7 nitrogen and oxygen atoms in total. The molecule has 0 amide bonds. The van der Waals surface area contributed by atoms with Crippen LogP contribution in [0.2, 0.25) is 10.0 Å². The van der Waals surface area contributed by atoms with Gasteiger partial charge < -0.3 is 14.2 Å². The molecule has 4 rings (SSSR count). The lowest BCUT2D eigenvalue weighted by molar-refractivity contribution is 0.0507. The summed E-state index contributed by atoms with van der Waals surface area (Å²) >= 11 is 12.3. The van der Waals surface area contributed by atoms with E-state index in [1.54, 1.807) is 18.7 Å². The highest BCUT2D eigenvalue weighted by Crippen LogP contribution is 2.37. The lowest BCUT2D eigenvalue weighted by Crippen LogP contribution is -2.25. The van der Waals surface area contributed by atoms with Crippen LogP contribution in [0.3, 0.4) is 0 Å². The Bertz CT molecular complexity index is 1130. The van der Waals surface area contributed by atoms with Gasteiger partial charge in [0, 0.05) is 0 Å². The number of ether oxygens (including phenoxy) is 3. The van der Waals surface area contributed by atoms with E-state index in [1.807, 2.05) is 42.5 Å². The van der Waals surface area contributed by atoms with Crippen LogP contribution in [0.25, 0.3) is 0 Å². The van der Waals surface area contributed by atoms with Crippen molar-refractivity contribution in [3.63, 3.8) is 0 Å². The summed E-state index contributed by atoms with van der Waals surface area (Å²) in [4.78, 5) is 12.5. The maximum absolute atomic E-state index is 12.5. The molecule has 1 saturated carbocycles. The number of carbonyl (C=O) groups excluding carboxylic acids is 1. The lowest BCUT2D eigenvalue weighted by Gasteiger charge is -2.29. The van der Waals surface area contributed by atoms with E-state index in [9.17, 15) is 4.79 Å². The van der Waals surface area contributed by atoms with Gasteiger partial charge in [-0.3, -0.25) is 0 Å². The van der Waals surface area contributed by atoms with Gasteiger partial charge in [-0.2, -0.15) is 0 Å². The van der Waals surface area contributed by atoms with Gasteiger partial charge >= 0.3 is 5.97 Å². The Morgan fingerprint density at radius 1 is 1.06 bits per heavy atom. The Kier molecular flexibility index (Phi) is 7.95. The number of benzene rings is 2. The van der Waals surface area contributed by atoms with Gasteiger partial charge in [-0.1, -0.05) is 46.6 Å². The molecule has 0 unspecified atom stereocenters. The molecule has 1 aliphatic rings. The largest absolute Gasteiger partial charge is 0.497 e. The minimum Gasteiger partial charge on any atom is -0.497 e. The standard InChI is InChI=1S/C25H27Cl2N3O4/c1-3-33-25(31)23-24(30(29-28-23)15-16-4-9-19(32-2)10-5-16)34-20-11-6-17(7-12-20)18-8-13-21(26)22(27)14-18/h4-5,8-10,13-14,17,20H,3,6-7,11-12,15H2,1-2H3/t17-,20+. The van der Waals surface area contributed by atoms with Gasteiger partial charge in [0.1, 0.15) is 11.9 Å². The summed E-state index contributed by atoms with van der Waals surface area (Å²) in [7, 11) is 1.63. The van der Waals surface area contributed by atoms with Gasteiger partial charge in [0.2, 0.25) is 11.6 Å². The van der Waals surface area contributed by atoms with Crippen molar-refractivity contribution in [3.8, 4) is 11.6 Å². The molecule has 180 valence electrons. The molecule has 9 heteroatoms. The lowest BCUT2D eigenvalue weighted by atomic mass is 9.83. The van der Waals surface area contributed by atoms with E-state index in [2.05, 4.69) is 10.3 Å². The van der Waals surface area contributed by atoms with Crippen molar-refractivity contribution < 1.29 is 19.0 Å². The second-order valence-electron chi connectivity index (χ2n) is 8.23. The van der Waals surface area contributed by atoms with E-state index in [4.69, 9.17) is 37.4 Å². The van der Waals surface area contributed by atoms with Gasteiger partial charge in [-0.05, 0) is 73.9 Å². The number of methoxy groups -OCH3 is 1. The topological polar surface area (TPSA) is 75.5 Å². The van der Waals surface area contributed by atoms with Crippen LogP contribution in [0.5, 0.6) is 11.6 Å². The molecular weight excluding hydrogens is 477 g/mol. The SMILES string of the molecule is CCOC(=O)c1nnn(Cc2ccc(OC)cc2)c1O[C@H]1CC[C@@H](c2ccc(Cl)c(Cl)c2)CC1. The molecule has 1 aromatic heterocycles. The highest BCUT2D eigenvalue weighted by molar-refractivity contribution is 6.42. The van der Waals surface area contributed by atoms with Crippen molar-refractivity contribution in [3.05, 3.63) is 69.3 Å². The van der Waals surface area contributed by atoms with Gasteiger partial charge in [0.25, 0.3) is 0 Å². The fourth-order valence-electron chi connectivity index (χ4n) is 4.19. The Hall–Kier alpha value is -2.77. The maximum atomic E-state index is 12.5. The van der Waals surface area contributed by atoms with Crippen molar-refractivity contribution in [1.82, 2.24) is 15.0 Å². The second-order valence-corrected chi connectivity index (χ2v) is 9.05. The summed E-state index contributed by atoms with van der Waals surface area (Å²) in [6, 6.07) is 13.5. The van der Waals surface area contributed by atoms with Crippen LogP contribution in [0.1, 0.15) is 60.1 Å². The number of aromatic nitrogens is 3. The van der Waals surface area contributed by atoms with E-state index < -0.39 is 5.97 Å². The number of carbonyl (C=O) groups is 1. The number of esters is 1. The van der Waals surface area contributed by atoms with Crippen molar-refractivity contribution in [2.24, 2.45) is 0 Å². The summed E-state index contributed by atoms with van der Waals surface area (Å²) in [5.41, 5.74) is 2.27. The normalized spacial score (nSPS) is 17.9. The van der Waals surface area contributed by atoms with Gasteiger partial charge in [0.05, 0.1) is 30.3 Å². The molecule has 34 heavy (non-hydrogen) atoms. The average Bonchev–Trinajstić information content (AvgIpc) is 3.24. The average molecular weight is 504 g/mol. The summed E-state index contributed by atoms with van der Waals surface area (Å²) in [5.74, 6) is 0.960. The van der Waals surface area contributed by atoms with E-state index in [1.165, 1.54) is 5.56 Å². The van der Waals surface area contributed by atoms with Crippen LogP contribution in [-0.4, -0.2) is 40.8 Å². The van der Waals surface area contributed by atoms with E-state index in [-0.39, 0.29) is 18.4 Å². The number of nitrogens with zero attached hydrogens (tertiary/aromatic N) is 3. The fourth-order valence-corrected chi connectivity index (χ4v) is 4.50. The monoisotopic (exact) mass is 503 g/mol. The third kappa shape index (κ3) is 5.65. The summed E-state index contributed by atoms with van der Waals surface area (Å²) in [6.45, 7) is 2.41. The maximum Gasteiger partial charge on any atom is 0.364 e. The van der Waals surface area contributed by atoms with Crippen molar-refractivity contribution in [2.75, 3.05) is 13.7 Å². The third-order valence-electron chi connectivity index (χ3n) is 6.02. The molecule has 0 aliphatic heterocycles. The minimum atomic E-state index is -0.539. The molecule has 0 saturated heterocycles. The van der Waals surface area contributed by atoms with Crippen LogP contribution < -0.4 is 9.47 Å². The smallest absolute Gasteiger partial charge is 0.364 e. The first-order valence-electron chi connectivity index (χ1n) is 11.3. The molecule has 1 fully saturated rings. The van der Waals surface area contributed by atoms with Gasteiger partial charge in [0.15, 0.2) is 0 Å². The van der Waals surface area contributed by atoms with Crippen molar-refractivity contribution in [1.29, 1.82) is 0 Å². The first-order chi connectivity index (χ1) is 16.5. The number of hydrogen-bond donors (Lipinski definition) is 0. The molecule has 0 N–H and O–H groups in total. The zero-order valence-corrected chi connectivity index (χ0v) is 20.7. The molecule has 0 radical (unpaired) electrons. The first kappa shape index (κ1) is 24.4.